The van der Waals surface area contributed by atoms with Crippen molar-refractivity contribution in [2.24, 2.45) is 5.41 Å². The molecule has 0 aromatic heterocycles. The van der Waals surface area contributed by atoms with Crippen LogP contribution in [0.15, 0.2) is 0 Å². The quantitative estimate of drug-likeness (QED) is 0.830. The van der Waals surface area contributed by atoms with Crippen LogP contribution in [0.2, 0.25) is 0 Å². The first-order chi connectivity index (χ1) is 10.4. The minimum absolute atomic E-state index is 0.0955. The Bertz CT molecular complexity index is 249. The first kappa shape index (κ1) is 21.9. The lowest BCUT2D eigenvalue weighted by Gasteiger charge is -2.38. The molecule has 2 aliphatic rings. The number of nitrogens with zero attached hydrogens (tertiary/aromatic N) is 1. The molecule has 1 aliphatic heterocycles. The Morgan fingerprint density at radius 3 is 1.86 bits per heavy atom. The lowest BCUT2D eigenvalue weighted by Crippen LogP contribution is -2.43. The molecule has 0 radical (unpaired) electrons. The Balaban J connectivity index is 0.00000102. The van der Waals surface area contributed by atoms with Crippen molar-refractivity contribution in [3.63, 3.8) is 0 Å². The summed E-state index contributed by atoms with van der Waals surface area (Å²) in [4.78, 5) is 2.57. The van der Waals surface area contributed by atoms with E-state index < -0.39 is 0 Å². The van der Waals surface area contributed by atoms with Crippen LogP contribution in [0.1, 0.15) is 80.6 Å². The van der Waals surface area contributed by atoms with Gasteiger partial charge in [-0.3, -0.25) is 0 Å². The molecule has 0 atom stereocenters. The third-order valence-corrected chi connectivity index (χ3v) is 4.17. The zero-order valence-electron chi connectivity index (χ0n) is 16.2. The summed E-state index contributed by atoms with van der Waals surface area (Å²) in [5.41, 5.74) is 0.440. The van der Waals surface area contributed by atoms with Gasteiger partial charge in [-0.2, -0.15) is 0 Å². The maximum absolute atomic E-state index is 9.25. The number of hydrogen-bond donors (Lipinski definition) is 1. The molecule has 0 aromatic rings. The van der Waals surface area contributed by atoms with Gasteiger partial charge >= 0.3 is 0 Å². The normalized spacial score (nSPS) is 26.2. The van der Waals surface area contributed by atoms with E-state index in [1.165, 1.54) is 26.1 Å². The summed E-state index contributed by atoms with van der Waals surface area (Å²) in [5, 5.41) is 9.25. The number of aliphatic hydroxyl groups is 1. The molecule has 0 aromatic carbocycles. The Kier molecular flexibility index (Phi) is 11.4. The number of hydrogen-bond acceptors (Lipinski definition) is 3. The molecule has 0 spiro atoms. The first-order valence-corrected chi connectivity index (χ1v) is 9.48. The van der Waals surface area contributed by atoms with Gasteiger partial charge in [0.25, 0.3) is 0 Å². The van der Waals surface area contributed by atoms with Crippen molar-refractivity contribution in [2.75, 3.05) is 19.6 Å². The lowest BCUT2D eigenvalue weighted by molar-refractivity contribution is -0.116. The topological polar surface area (TPSA) is 32.7 Å². The standard InChI is InChI=1S/C15H29NO2.2C2H6/c1-15(2,3)6-9-16-7-4-13(5-8-16)18-14-10-12(17)11-14;2*1-2/h12-14,17H,4-11H2,1-3H3;2*1-2H3. The van der Waals surface area contributed by atoms with Gasteiger partial charge < -0.3 is 14.7 Å². The average Bonchev–Trinajstić information content (AvgIpc) is 2.48. The summed E-state index contributed by atoms with van der Waals surface area (Å²) in [6.45, 7) is 18.5. The molecule has 1 saturated heterocycles. The van der Waals surface area contributed by atoms with Crippen molar-refractivity contribution in [1.82, 2.24) is 4.90 Å². The maximum Gasteiger partial charge on any atom is 0.0628 e. The van der Waals surface area contributed by atoms with Gasteiger partial charge in [0.15, 0.2) is 0 Å². The summed E-state index contributed by atoms with van der Waals surface area (Å²) < 4.78 is 6.00. The molecule has 1 heterocycles. The van der Waals surface area contributed by atoms with Gasteiger partial charge in [-0.1, -0.05) is 48.5 Å². The third kappa shape index (κ3) is 9.12. The molecular weight excluding hydrogens is 274 g/mol. The van der Waals surface area contributed by atoms with Crippen LogP contribution in [0.25, 0.3) is 0 Å². The number of piperidine rings is 1. The minimum Gasteiger partial charge on any atom is -0.393 e. The molecule has 2 rings (SSSR count). The fraction of sp³-hybridized carbons (Fsp3) is 1.00. The summed E-state index contributed by atoms with van der Waals surface area (Å²) in [6, 6.07) is 0. The van der Waals surface area contributed by atoms with Gasteiger partial charge in [0.1, 0.15) is 0 Å². The molecule has 1 aliphatic carbocycles. The van der Waals surface area contributed by atoms with E-state index in [1.807, 2.05) is 27.7 Å². The SMILES string of the molecule is CC.CC.CC(C)(C)CCN1CCC(OC2CC(O)C2)CC1. The van der Waals surface area contributed by atoms with Crippen LogP contribution in [-0.2, 0) is 4.74 Å². The highest BCUT2D eigenvalue weighted by molar-refractivity contribution is 4.82. The second kappa shape index (κ2) is 11.4. The molecule has 0 amide bonds. The fourth-order valence-corrected chi connectivity index (χ4v) is 2.68. The summed E-state index contributed by atoms with van der Waals surface area (Å²) in [7, 11) is 0. The smallest absolute Gasteiger partial charge is 0.0628 e. The van der Waals surface area contributed by atoms with E-state index in [0.29, 0.717) is 17.6 Å². The van der Waals surface area contributed by atoms with Gasteiger partial charge in [-0.15, -0.1) is 0 Å². The first-order valence-electron chi connectivity index (χ1n) is 9.48. The van der Waals surface area contributed by atoms with Crippen molar-refractivity contribution in [2.45, 2.75) is 98.9 Å². The average molecular weight is 316 g/mol. The Morgan fingerprint density at radius 1 is 0.955 bits per heavy atom. The van der Waals surface area contributed by atoms with E-state index in [4.69, 9.17) is 4.74 Å². The predicted octanol–water partition coefficient (Wildman–Crippen LogP) is 4.48. The molecule has 22 heavy (non-hydrogen) atoms. The molecule has 2 fully saturated rings. The van der Waals surface area contributed by atoms with Crippen molar-refractivity contribution >= 4 is 0 Å². The van der Waals surface area contributed by atoms with E-state index >= 15 is 0 Å². The van der Waals surface area contributed by atoms with E-state index in [2.05, 4.69) is 25.7 Å². The number of ether oxygens (including phenoxy) is 1. The summed E-state index contributed by atoms with van der Waals surface area (Å²) >= 11 is 0. The fourth-order valence-electron chi connectivity index (χ4n) is 2.68. The summed E-state index contributed by atoms with van der Waals surface area (Å²) in [6.07, 6.45) is 5.98. The largest absolute Gasteiger partial charge is 0.393 e. The van der Waals surface area contributed by atoms with Crippen molar-refractivity contribution < 1.29 is 9.84 Å². The zero-order chi connectivity index (χ0) is 17.2. The van der Waals surface area contributed by atoms with Gasteiger partial charge in [0, 0.05) is 13.1 Å². The minimum atomic E-state index is -0.0955. The van der Waals surface area contributed by atoms with E-state index in [0.717, 1.165) is 25.7 Å². The van der Waals surface area contributed by atoms with Crippen molar-refractivity contribution in [3.05, 3.63) is 0 Å². The van der Waals surface area contributed by atoms with Crippen LogP contribution < -0.4 is 0 Å². The highest BCUT2D eigenvalue weighted by Crippen LogP contribution is 2.27. The number of likely N-dealkylation sites (tertiary alicyclic amines) is 1. The number of aliphatic hydroxyl groups excluding tert-OH is 1. The Hall–Kier alpha value is -0.120. The van der Waals surface area contributed by atoms with Crippen molar-refractivity contribution in [1.29, 1.82) is 0 Å². The number of rotatable bonds is 4. The van der Waals surface area contributed by atoms with Crippen molar-refractivity contribution in [3.8, 4) is 0 Å². The molecular formula is C19H41NO2. The molecule has 0 bridgehead atoms. The molecule has 1 saturated carbocycles. The third-order valence-electron chi connectivity index (χ3n) is 4.17. The van der Waals surface area contributed by atoms with E-state index in [-0.39, 0.29) is 6.10 Å². The molecule has 3 heteroatoms. The molecule has 0 unspecified atom stereocenters. The second-order valence-corrected chi connectivity index (χ2v) is 7.23. The van der Waals surface area contributed by atoms with Crippen LogP contribution >= 0.6 is 0 Å². The maximum atomic E-state index is 9.25. The monoisotopic (exact) mass is 315 g/mol. The van der Waals surface area contributed by atoms with Gasteiger partial charge in [0.05, 0.1) is 18.3 Å². The van der Waals surface area contributed by atoms with Crippen LogP contribution in [0, 0.1) is 5.41 Å². The molecule has 134 valence electrons. The summed E-state index contributed by atoms with van der Waals surface area (Å²) in [5.74, 6) is 0. The van der Waals surface area contributed by atoms with E-state index in [1.54, 1.807) is 0 Å². The van der Waals surface area contributed by atoms with Gasteiger partial charge in [0.2, 0.25) is 0 Å². The predicted molar refractivity (Wildman–Crippen MR) is 96.3 cm³/mol. The van der Waals surface area contributed by atoms with Crippen LogP contribution in [-0.4, -0.2) is 48.0 Å². The molecule has 3 nitrogen and oxygen atoms in total. The van der Waals surface area contributed by atoms with Crippen LogP contribution in [0.5, 0.6) is 0 Å². The highest BCUT2D eigenvalue weighted by Gasteiger charge is 2.31. The second-order valence-electron chi connectivity index (χ2n) is 7.23. The molecule has 1 N–H and O–H groups in total. The van der Waals surface area contributed by atoms with Crippen LogP contribution in [0.4, 0.5) is 0 Å². The highest BCUT2D eigenvalue weighted by atomic mass is 16.5. The lowest BCUT2D eigenvalue weighted by atomic mass is 9.91. The van der Waals surface area contributed by atoms with Crippen LogP contribution in [0.3, 0.4) is 0 Å². The Labute approximate surface area is 139 Å². The Morgan fingerprint density at radius 2 is 1.45 bits per heavy atom. The van der Waals surface area contributed by atoms with Gasteiger partial charge in [-0.05, 0) is 44.1 Å². The zero-order valence-corrected chi connectivity index (χ0v) is 16.2. The van der Waals surface area contributed by atoms with E-state index in [9.17, 15) is 5.11 Å². The van der Waals surface area contributed by atoms with Gasteiger partial charge in [-0.25, -0.2) is 0 Å².